The quantitative estimate of drug-likeness (QED) is 0.701. The molecule has 0 aliphatic rings. The van der Waals surface area contributed by atoms with Crippen molar-refractivity contribution in [3.63, 3.8) is 0 Å². The highest BCUT2D eigenvalue weighted by atomic mass is 19.1. The van der Waals surface area contributed by atoms with E-state index in [0.717, 1.165) is 0 Å². The minimum atomic E-state index is -1.07. The molecule has 1 amide bonds. The number of amides is 1. The Morgan fingerprint density at radius 1 is 1.19 bits per heavy atom. The fraction of sp³-hybridized carbons (Fsp3) is 0.167. The van der Waals surface area contributed by atoms with Crippen LogP contribution in [0.4, 0.5) is 10.2 Å². The zero-order valence-electron chi connectivity index (χ0n) is 14.0. The molecule has 0 fully saturated rings. The minimum Gasteiger partial charge on any atom is -0.449 e. The molecule has 0 spiro atoms. The lowest BCUT2D eigenvalue weighted by molar-refractivity contribution is -0.123. The average Bonchev–Trinajstić information content (AvgIpc) is 3.25. The Bertz CT molecular complexity index is 929. The lowest BCUT2D eigenvalue weighted by Crippen LogP contribution is -2.30. The third kappa shape index (κ3) is 3.97. The zero-order chi connectivity index (χ0) is 18.7. The predicted molar refractivity (Wildman–Crippen MR) is 88.8 cm³/mol. The number of nitrogens with one attached hydrogen (secondary N) is 1. The van der Waals surface area contributed by atoms with Gasteiger partial charge in [-0.2, -0.15) is 0 Å². The molecule has 1 N–H and O–H groups in total. The van der Waals surface area contributed by atoms with Crippen LogP contribution in [0.15, 0.2) is 51.4 Å². The van der Waals surface area contributed by atoms with Gasteiger partial charge in [-0.3, -0.25) is 4.79 Å². The van der Waals surface area contributed by atoms with E-state index in [0.29, 0.717) is 17.1 Å². The van der Waals surface area contributed by atoms with Crippen molar-refractivity contribution in [3.05, 3.63) is 59.8 Å². The first-order chi connectivity index (χ1) is 12.4. The van der Waals surface area contributed by atoms with E-state index in [1.165, 1.54) is 43.3 Å². The van der Waals surface area contributed by atoms with E-state index < -0.39 is 18.0 Å². The van der Waals surface area contributed by atoms with Crippen molar-refractivity contribution in [3.8, 4) is 11.3 Å². The third-order valence-electron chi connectivity index (χ3n) is 3.47. The summed E-state index contributed by atoms with van der Waals surface area (Å²) in [5.41, 5.74) is 0.609. The van der Waals surface area contributed by atoms with Crippen molar-refractivity contribution >= 4 is 17.7 Å². The van der Waals surface area contributed by atoms with Crippen molar-refractivity contribution in [1.29, 1.82) is 0 Å². The smallest absolute Gasteiger partial charge is 0.375 e. The number of carbonyl (C=O) groups excluding carboxylic acids is 2. The molecule has 8 heteroatoms. The number of hydrogen-bond donors (Lipinski definition) is 1. The van der Waals surface area contributed by atoms with Crippen LogP contribution in [0.25, 0.3) is 11.3 Å². The lowest BCUT2D eigenvalue weighted by Gasteiger charge is -2.11. The molecule has 3 rings (SSSR count). The van der Waals surface area contributed by atoms with Gasteiger partial charge < -0.3 is 19.0 Å². The number of hydrogen-bond acceptors (Lipinski definition) is 6. The molecular weight excluding hydrogens is 343 g/mol. The van der Waals surface area contributed by atoms with E-state index in [2.05, 4.69) is 10.5 Å². The van der Waals surface area contributed by atoms with Crippen LogP contribution in [0.2, 0.25) is 0 Å². The molecule has 1 aromatic carbocycles. The van der Waals surface area contributed by atoms with Gasteiger partial charge in [-0.15, -0.1) is 0 Å². The van der Waals surface area contributed by atoms with E-state index in [9.17, 15) is 14.0 Å². The zero-order valence-corrected chi connectivity index (χ0v) is 14.0. The van der Waals surface area contributed by atoms with Gasteiger partial charge in [-0.25, -0.2) is 9.18 Å². The number of furan rings is 1. The maximum absolute atomic E-state index is 13.0. The molecule has 0 unspecified atom stereocenters. The number of aromatic nitrogens is 1. The van der Waals surface area contributed by atoms with E-state index in [-0.39, 0.29) is 17.4 Å². The van der Waals surface area contributed by atoms with E-state index in [1.807, 2.05) is 0 Å². The van der Waals surface area contributed by atoms with Crippen LogP contribution in [0.5, 0.6) is 0 Å². The Morgan fingerprint density at radius 2 is 1.92 bits per heavy atom. The maximum atomic E-state index is 13.0. The molecule has 0 aliphatic carbocycles. The van der Waals surface area contributed by atoms with E-state index in [1.54, 1.807) is 13.0 Å². The second kappa shape index (κ2) is 7.22. The highest BCUT2D eigenvalue weighted by molar-refractivity contribution is 5.96. The fourth-order valence-corrected chi connectivity index (χ4v) is 2.14. The van der Waals surface area contributed by atoms with Crippen molar-refractivity contribution in [2.45, 2.75) is 20.0 Å². The van der Waals surface area contributed by atoms with Gasteiger partial charge in [0.1, 0.15) is 17.3 Å². The molecule has 2 aromatic heterocycles. The molecular formula is C18H15FN2O5. The molecule has 26 heavy (non-hydrogen) atoms. The Morgan fingerprint density at radius 3 is 2.58 bits per heavy atom. The van der Waals surface area contributed by atoms with Crippen LogP contribution >= 0.6 is 0 Å². The highest BCUT2D eigenvalue weighted by Gasteiger charge is 2.22. The Balaban J connectivity index is 1.62. The van der Waals surface area contributed by atoms with Gasteiger partial charge >= 0.3 is 5.97 Å². The molecule has 3 aromatic rings. The van der Waals surface area contributed by atoms with Gasteiger partial charge in [0.25, 0.3) is 5.91 Å². The van der Waals surface area contributed by atoms with Crippen molar-refractivity contribution in [1.82, 2.24) is 5.16 Å². The number of anilines is 1. The maximum Gasteiger partial charge on any atom is 0.375 e. The molecule has 0 saturated heterocycles. The van der Waals surface area contributed by atoms with Gasteiger partial charge in [0.2, 0.25) is 5.76 Å². The summed E-state index contributed by atoms with van der Waals surface area (Å²) >= 11 is 0. The number of esters is 1. The fourth-order valence-electron chi connectivity index (χ4n) is 2.14. The Kier molecular flexibility index (Phi) is 4.83. The second-order valence-corrected chi connectivity index (χ2v) is 5.53. The largest absolute Gasteiger partial charge is 0.449 e. The van der Waals surface area contributed by atoms with Crippen LogP contribution in [0.3, 0.4) is 0 Å². The van der Waals surface area contributed by atoms with Gasteiger partial charge in [0.15, 0.2) is 11.9 Å². The Labute approximate surface area is 147 Å². The number of rotatable bonds is 5. The van der Waals surface area contributed by atoms with Crippen LogP contribution in [0, 0.1) is 12.7 Å². The van der Waals surface area contributed by atoms with Crippen LogP contribution in [0.1, 0.15) is 23.2 Å². The van der Waals surface area contributed by atoms with Gasteiger partial charge in [-0.1, -0.05) is 5.16 Å². The predicted octanol–water partition coefficient (Wildman–Crippen LogP) is 3.57. The Hall–Kier alpha value is -3.42. The second-order valence-electron chi connectivity index (χ2n) is 5.53. The van der Waals surface area contributed by atoms with Crippen LogP contribution in [-0.4, -0.2) is 23.1 Å². The van der Waals surface area contributed by atoms with Gasteiger partial charge in [0.05, 0.1) is 0 Å². The molecule has 7 nitrogen and oxygen atoms in total. The van der Waals surface area contributed by atoms with E-state index >= 15 is 0 Å². The summed E-state index contributed by atoms with van der Waals surface area (Å²) in [5.74, 6) is -0.648. The molecule has 1 atom stereocenters. The summed E-state index contributed by atoms with van der Waals surface area (Å²) in [6, 6.07) is 10.1. The van der Waals surface area contributed by atoms with Crippen molar-refractivity contribution in [2.24, 2.45) is 0 Å². The SMILES string of the molecule is Cc1cc(NC(=O)[C@@H](C)OC(=O)c2ccc(-c3ccc(F)cc3)o2)no1. The summed E-state index contributed by atoms with van der Waals surface area (Å²) in [6.45, 7) is 3.10. The molecule has 0 aliphatic heterocycles. The molecule has 0 radical (unpaired) electrons. The van der Waals surface area contributed by atoms with Crippen molar-refractivity contribution in [2.75, 3.05) is 5.32 Å². The van der Waals surface area contributed by atoms with E-state index in [4.69, 9.17) is 13.7 Å². The number of aryl methyl sites for hydroxylation is 1. The average molecular weight is 358 g/mol. The van der Waals surface area contributed by atoms with Gasteiger partial charge in [0, 0.05) is 11.6 Å². The lowest BCUT2D eigenvalue weighted by atomic mass is 10.2. The topological polar surface area (TPSA) is 94.6 Å². The van der Waals surface area contributed by atoms with Crippen LogP contribution in [-0.2, 0) is 9.53 Å². The first kappa shape index (κ1) is 17.4. The first-order valence-corrected chi connectivity index (χ1v) is 7.73. The summed E-state index contributed by atoms with van der Waals surface area (Å²) in [5, 5.41) is 6.09. The molecule has 2 heterocycles. The summed E-state index contributed by atoms with van der Waals surface area (Å²) in [7, 11) is 0. The normalized spacial score (nSPS) is 11.8. The monoisotopic (exact) mass is 358 g/mol. The number of ether oxygens (including phenoxy) is 1. The van der Waals surface area contributed by atoms with Gasteiger partial charge in [-0.05, 0) is 50.2 Å². The number of nitrogens with zero attached hydrogens (tertiary/aromatic N) is 1. The molecule has 0 bridgehead atoms. The molecule has 0 saturated carbocycles. The molecule has 134 valence electrons. The van der Waals surface area contributed by atoms with Crippen LogP contribution < -0.4 is 5.32 Å². The third-order valence-corrected chi connectivity index (χ3v) is 3.47. The first-order valence-electron chi connectivity index (χ1n) is 7.73. The highest BCUT2D eigenvalue weighted by Crippen LogP contribution is 2.23. The summed E-state index contributed by atoms with van der Waals surface area (Å²) in [4.78, 5) is 24.1. The summed E-state index contributed by atoms with van der Waals surface area (Å²) in [6.07, 6.45) is -1.07. The standard InChI is InChI=1S/C18H15FN2O5/c1-10-9-16(21-26-10)20-17(22)11(2)24-18(23)15-8-7-14(25-15)12-3-5-13(19)6-4-12/h3-9,11H,1-2H3,(H,20,21,22)/t11-/m1/s1. The number of halogens is 1. The minimum absolute atomic E-state index is 0.0683. The number of carbonyl (C=O) groups is 2. The van der Waals surface area contributed by atoms with Crippen molar-refractivity contribution < 1.29 is 27.7 Å². The summed E-state index contributed by atoms with van der Waals surface area (Å²) < 4.78 is 28.3. The number of benzene rings is 1.